The normalized spacial score (nSPS) is 16.3. The summed E-state index contributed by atoms with van der Waals surface area (Å²) in [4.78, 5) is 16.9. The highest BCUT2D eigenvalue weighted by Gasteiger charge is 2.31. The summed E-state index contributed by atoms with van der Waals surface area (Å²) in [6, 6.07) is 3.35. The number of hydrogen-bond donors (Lipinski definition) is 0. The number of aromatic nitrogens is 3. The molecule has 6 nitrogen and oxygen atoms in total. The quantitative estimate of drug-likeness (QED) is 0.713. The second-order valence-corrected chi connectivity index (χ2v) is 6.11. The van der Waals surface area contributed by atoms with Crippen molar-refractivity contribution in [2.24, 2.45) is 0 Å². The number of benzene rings is 1. The van der Waals surface area contributed by atoms with Crippen LogP contribution in [0.5, 0.6) is 0 Å². The van der Waals surface area contributed by atoms with Gasteiger partial charge in [0.15, 0.2) is 5.58 Å². The minimum Gasteiger partial charge on any atom is -0.439 e. The number of fused-ring (bicyclic) bond motifs is 1. The molecule has 136 valence electrons. The van der Waals surface area contributed by atoms with Crippen LogP contribution in [0.2, 0.25) is 0 Å². The minimum absolute atomic E-state index is 0.230. The van der Waals surface area contributed by atoms with Gasteiger partial charge in [0.05, 0.1) is 18.3 Å². The summed E-state index contributed by atoms with van der Waals surface area (Å²) in [6.07, 6.45) is 0.644. The fourth-order valence-corrected chi connectivity index (χ4v) is 3.00. The third-order valence-corrected chi connectivity index (χ3v) is 4.36. The Labute approximate surface area is 147 Å². The molecule has 0 bridgehead atoms. The molecule has 9 heteroatoms. The Hall–Kier alpha value is -2.68. The molecule has 0 radical (unpaired) electrons. The van der Waals surface area contributed by atoms with Gasteiger partial charge in [-0.2, -0.15) is 13.2 Å². The SMILES string of the molecule is FC(F)(F)c1ccc2oc(CN3CCN(c4cnccn4)CC3)nc2c1. The molecular weight excluding hydrogens is 347 g/mol. The molecule has 0 spiro atoms. The molecule has 3 heterocycles. The maximum absolute atomic E-state index is 12.8. The van der Waals surface area contributed by atoms with Crippen molar-refractivity contribution in [1.29, 1.82) is 0 Å². The van der Waals surface area contributed by atoms with Crippen molar-refractivity contribution in [3.63, 3.8) is 0 Å². The molecule has 0 saturated carbocycles. The maximum Gasteiger partial charge on any atom is 0.416 e. The summed E-state index contributed by atoms with van der Waals surface area (Å²) >= 11 is 0. The van der Waals surface area contributed by atoms with Crippen LogP contribution in [0.3, 0.4) is 0 Å². The largest absolute Gasteiger partial charge is 0.439 e. The van der Waals surface area contributed by atoms with Crippen LogP contribution in [0.25, 0.3) is 11.1 Å². The lowest BCUT2D eigenvalue weighted by molar-refractivity contribution is -0.137. The van der Waals surface area contributed by atoms with Gasteiger partial charge in [-0.25, -0.2) is 9.97 Å². The van der Waals surface area contributed by atoms with Crippen molar-refractivity contribution in [2.75, 3.05) is 31.1 Å². The van der Waals surface area contributed by atoms with Gasteiger partial charge in [-0.3, -0.25) is 9.88 Å². The molecule has 1 aliphatic rings. The van der Waals surface area contributed by atoms with Gasteiger partial charge in [0.1, 0.15) is 11.3 Å². The van der Waals surface area contributed by atoms with Gasteiger partial charge >= 0.3 is 6.18 Å². The highest BCUT2D eigenvalue weighted by molar-refractivity contribution is 5.73. The lowest BCUT2D eigenvalue weighted by Crippen LogP contribution is -2.46. The van der Waals surface area contributed by atoms with E-state index in [1.54, 1.807) is 18.6 Å². The smallest absolute Gasteiger partial charge is 0.416 e. The van der Waals surface area contributed by atoms with Crippen LogP contribution in [0, 0.1) is 0 Å². The molecule has 1 saturated heterocycles. The van der Waals surface area contributed by atoms with E-state index < -0.39 is 11.7 Å². The Bertz CT molecular complexity index is 888. The fraction of sp³-hybridized carbons (Fsp3) is 0.353. The van der Waals surface area contributed by atoms with E-state index in [-0.39, 0.29) is 5.52 Å². The average molecular weight is 363 g/mol. The first-order valence-electron chi connectivity index (χ1n) is 8.19. The van der Waals surface area contributed by atoms with Crippen LogP contribution in [-0.4, -0.2) is 46.0 Å². The van der Waals surface area contributed by atoms with E-state index >= 15 is 0 Å². The lowest BCUT2D eigenvalue weighted by atomic mass is 10.2. The minimum atomic E-state index is -4.38. The fourth-order valence-electron chi connectivity index (χ4n) is 3.00. The van der Waals surface area contributed by atoms with Gasteiger partial charge in [0, 0.05) is 38.6 Å². The van der Waals surface area contributed by atoms with E-state index in [9.17, 15) is 13.2 Å². The molecule has 0 amide bonds. The molecule has 0 unspecified atom stereocenters. The molecule has 4 rings (SSSR count). The molecule has 1 aromatic carbocycles. The first-order chi connectivity index (χ1) is 12.5. The van der Waals surface area contributed by atoms with Crippen LogP contribution in [0.1, 0.15) is 11.5 Å². The summed E-state index contributed by atoms with van der Waals surface area (Å²) in [5, 5.41) is 0. The molecule has 26 heavy (non-hydrogen) atoms. The third kappa shape index (κ3) is 3.48. The summed E-state index contributed by atoms with van der Waals surface area (Å²) in [6.45, 7) is 3.60. The first-order valence-corrected chi connectivity index (χ1v) is 8.19. The second kappa shape index (κ2) is 6.56. The van der Waals surface area contributed by atoms with Crippen molar-refractivity contribution < 1.29 is 17.6 Å². The molecular formula is C17H16F3N5O. The third-order valence-electron chi connectivity index (χ3n) is 4.36. The zero-order valence-corrected chi connectivity index (χ0v) is 13.8. The van der Waals surface area contributed by atoms with Gasteiger partial charge in [0.2, 0.25) is 5.89 Å². The van der Waals surface area contributed by atoms with Crippen molar-refractivity contribution in [3.8, 4) is 0 Å². The van der Waals surface area contributed by atoms with Crippen molar-refractivity contribution in [1.82, 2.24) is 19.9 Å². The van der Waals surface area contributed by atoms with E-state index in [4.69, 9.17) is 4.42 Å². The van der Waals surface area contributed by atoms with Crippen LogP contribution in [0.15, 0.2) is 41.2 Å². The molecule has 2 aromatic heterocycles. The Morgan fingerprint density at radius 2 is 1.88 bits per heavy atom. The highest BCUT2D eigenvalue weighted by Crippen LogP contribution is 2.31. The Morgan fingerprint density at radius 1 is 1.08 bits per heavy atom. The topological polar surface area (TPSA) is 58.3 Å². The summed E-state index contributed by atoms with van der Waals surface area (Å²) < 4.78 is 44.0. The van der Waals surface area contributed by atoms with E-state index in [0.717, 1.165) is 44.1 Å². The summed E-state index contributed by atoms with van der Waals surface area (Å²) in [7, 11) is 0. The van der Waals surface area contributed by atoms with E-state index in [2.05, 4.69) is 24.8 Å². The Balaban J connectivity index is 1.42. The lowest BCUT2D eigenvalue weighted by Gasteiger charge is -2.34. The van der Waals surface area contributed by atoms with Gasteiger partial charge in [-0.1, -0.05) is 0 Å². The average Bonchev–Trinajstić information content (AvgIpc) is 3.04. The second-order valence-electron chi connectivity index (χ2n) is 6.11. The number of nitrogens with zero attached hydrogens (tertiary/aromatic N) is 5. The summed E-state index contributed by atoms with van der Waals surface area (Å²) in [5.41, 5.74) is -0.123. The number of piperazine rings is 1. The van der Waals surface area contributed by atoms with Crippen LogP contribution in [-0.2, 0) is 12.7 Å². The Kier molecular flexibility index (Phi) is 4.23. The molecule has 0 N–H and O–H groups in total. The monoisotopic (exact) mass is 363 g/mol. The molecule has 0 atom stereocenters. The summed E-state index contributed by atoms with van der Waals surface area (Å²) in [5.74, 6) is 1.26. The highest BCUT2D eigenvalue weighted by atomic mass is 19.4. The molecule has 1 fully saturated rings. The number of hydrogen-bond acceptors (Lipinski definition) is 6. The van der Waals surface area contributed by atoms with Gasteiger partial charge in [0.25, 0.3) is 0 Å². The number of rotatable bonds is 3. The Morgan fingerprint density at radius 3 is 2.58 bits per heavy atom. The number of alkyl halides is 3. The molecule has 0 aliphatic carbocycles. The number of oxazole rings is 1. The molecule has 3 aromatic rings. The number of halogens is 3. The maximum atomic E-state index is 12.8. The standard InChI is InChI=1S/C17H16F3N5O/c18-17(19,20)12-1-2-14-13(9-12)23-16(26-14)11-24-5-7-25(8-6-24)15-10-21-3-4-22-15/h1-4,9-10H,5-8,11H2. The predicted octanol–water partition coefficient (Wildman–Crippen LogP) is 2.96. The zero-order valence-electron chi connectivity index (χ0n) is 13.8. The first kappa shape index (κ1) is 16.8. The zero-order chi connectivity index (χ0) is 18.1. The van der Waals surface area contributed by atoms with Gasteiger partial charge in [-0.15, -0.1) is 0 Å². The van der Waals surface area contributed by atoms with E-state index in [1.165, 1.54) is 6.07 Å². The van der Waals surface area contributed by atoms with E-state index in [1.807, 2.05) is 0 Å². The molecule has 1 aliphatic heterocycles. The predicted molar refractivity (Wildman–Crippen MR) is 88.5 cm³/mol. The van der Waals surface area contributed by atoms with Crippen LogP contribution < -0.4 is 4.90 Å². The van der Waals surface area contributed by atoms with Crippen molar-refractivity contribution >= 4 is 16.9 Å². The van der Waals surface area contributed by atoms with Crippen molar-refractivity contribution in [3.05, 3.63) is 48.2 Å². The number of anilines is 1. The van der Waals surface area contributed by atoms with Gasteiger partial charge in [-0.05, 0) is 18.2 Å². The van der Waals surface area contributed by atoms with E-state index in [0.29, 0.717) is 18.0 Å². The van der Waals surface area contributed by atoms with Crippen LogP contribution in [0.4, 0.5) is 19.0 Å². The van der Waals surface area contributed by atoms with Crippen LogP contribution >= 0.6 is 0 Å². The van der Waals surface area contributed by atoms with Crippen molar-refractivity contribution in [2.45, 2.75) is 12.7 Å². The van der Waals surface area contributed by atoms with Gasteiger partial charge < -0.3 is 9.32 Å².